The number of carbonyl (C=O) groups excluding carboxylic acids is 1. The van der Waals surface area contributed by atoms with E-state index < -0.39 is 12.6 Å². The number of aryl methyl sites for hydroxylation is 1. The zero-order chi connectivity index (χ0) is 17.0. The Hall–Kier alpha value is -2.54. The van der Waals surface area contributed by atoms with Crippen LogP contribution in [0.5, 0.6) is 5.75 Å². The van der Waals surface area contributed by atoms with Gasteiger partial charge < -0.3 is 14.7 Å². The Labute approximate surface area is 138 Å². The Morgan fingerprint density at radius 2 is 2.00 bits per heavy atom. The van der Waals surface area contributed by atoms with Gasteiger partial charge in [-0.3, -0.25) is 9.48 Å². The van der Waals surface area contributed by atoms with Gasteiger partial charge in [0, 0.05) is 20.6 Å². The normalized spacial score (nSPS) is 10.4. The van der Waals surface area contributed by atoms with E-state index in [9.17, 15) is 9.59 Å². The lowest BCUT2D eigenvalue weighted by Gasteiger charge is -2.17. The molecule has 0 fully saturated rings. The van der Waals surface area contributed by atoms with Crippen molar-refractivity contribution in [1.82, 2.24) is 14.7 Å². The average Bonchev–Trinajstić information content (AvgIpc) is 2.84. The summed E-state index contributed by atoms with van der Waals surface area (Å²) in [5.41, 5.74) is 1.21. The first-order valence-electron chi connectivity index (χ1n) is 6.75. The Morgan fingerprint density at radius 3 is 2.52 bits per heavy atom. The molecule has 1 heterocycles. The van der Waals surface area contributed by atoms with Crippen LogP contribution >= 0.6 is 11.6 Å². The third-order valence-electron chi connectivity index (χ3n) is 3.15. The van der Waals surface area contributed by atoms with E-state index in [1.54, 1.807) is 38.4 Å². The number of carboxylic acids is 1. The highest BCUT2D eigenvalue weighted by Crippen LogP contribution is 2.18. The number of hydrogen-bond acceptors (Lipinski definition) is 4. The summed E-state index contributed by atoms with van der Waals surface area (Å²) in [5, 5.41) is 12.8. The van der Waals surface area contributed by atoms with Gasteiger partial charge in [0.1, 0.15) is 11.4 Å². The molecule has 7 nitrogen and oxygen atoms in total. The van der Waals surface area contributed by atoms with E-state index in [4.69, 9.17) is 21.4 Å². The van der Waals surface area contributed by atoms with Crippen molar-refractivity contribution in [2.75, 3.05) is 13.7 Å². The van der Waals surface area contributed by atoms with E-state index in [2.05, 4.69) is 5.10 Å². The number of rotatable bonds is 6. The van der Waals surface area contributed by atoms with Gasteiger partial charge in [-0.2, -0.15) is 5.10 Å². The predicted molar refractivity (Wildman–Crippen MR) is 83.6 cm³/mol. The fraction of sp³-hybridized carbons (Fsp3) is 0.267. The number of carbonyl (C=O) groups is 2. The van der Waals surface area contributed by atoms with Gasteiger partial charge in [0.05, 0.1) is 11.2 Å². The van der Waals surface area contributed by atoms with E-state index in [1.807, 2.05) is 0 Å². The second kappa shape index (κ2) is 7.15. The summed E-state index contributed by atoms with van der Waals surface area (Å²) in [6, 6.07) is 6.86. The van der Waals surface area contributed by atoms with Crippen LogP contribution in [0.1, 0.15) is 16.1 Å². The summed E-state index contributed by atoms with van der Waals surface area (Å²) in [5.74, 6) is -0.812. The zero-order valence-corrected chi connectivity index (χ0v) is 13.4. The molecule has 0 bridgehead atoms. The van der Waals surface area contributed by atoms with Crippen LogP contribution in [0, 0.1) is 0 Å². The molecule has 1 amide bonds. The zero-order valence-electron chi connectivity index (χ0n) is 12.7. The molecule has 2 rings (SSSR count). The largest absolute Gasteiger partial charge is 0.482 e. The van der Waals surface area contributed by atoms with E-state index in [0.717, 1.165) is 5.56 Å². The highest BCUT2D eigenvalue weighted by atomic mass is 35.5. The molecular formula is C15H16ClN3O4. The number of ether oxygens (including phenoxy) is 1. The van der Waals surface area contributed by atoms with Gasteiger partial charge in [-0.25, -0.2) is 4.79 Å². The third-order valence-corrected chi connectivity index (χ3v) is 3.43. The molecule has 1 aromatic carbocycles. The minimum atomic E-state index is -1.03. The number of aromatic nitrogens is 2. The quantitative estimate of drug-likeness (QED) is 0.869. The van der Waals surface area contributed by atoms with Crippen LogP contribution in [-0.2, 0) is 18.4 Å². The van der Waals surface area contributed by atoms with Crippen molar-refractivity contribution in [3.63, 3.8) is 0 Å². The van der Waals surface area contributed by atoms with Gasteiger partial charge in [0.2, 0.25) is 0 Å². The van der Waals surface area contributed by atoms with Crippen molar-refractivity contribution in [1.29, 1.82) is 0 Å². The Bertz CT molecular complexity index is 693. The first kappa shape index (κ1) is 16.8. The molecule has 122 valence electrons. The third kappa shape index (κ3) is 4.23. The molecule has 0 aliphatic heterocycles. The van der Waals surface area contributed by atoms with Crippen LogP contribution in [0.25, 0.3) is 0 Å². The molecule has 0 unspecified atom stereocenters. The van der Waals surface area contributed by atoms with Gasteiger partial charge in [-0.1, -0.05) is 23.7 Å². The molecule has 0 radical (unpaired) electrons. The Morgan fingerprint density at radius 1 is 1.35 bits per heavy atom. The highest BCUT2D eigenvalue weighted by molar-refractivity contribution is 6.33. The minimum absolute atomic E-state index is 0.235. The molecule has 0 aliphatic rings. The number of nitrogens with zero attached hydrogens (tertiary/aromatic N) is 3. The topological polar surface area (TPSA) is 84.7 Å². The van der Waals surface area contributed by atoms with Crippen LogP contribution in [0.3, 0.4) is 0 Å². The van der Waals surface area contributed by atoms with Crippen LogP contribution in [-0.4, -0.2) is 45.3 Å². The maximum absolute atomic E-state index is 12.4. The SMILES string of the molecule is CN(Cc1ccc(OCC(=O)O)cc1)C(=O)c1c(Cl)cnn1C. The van der Waals surface area contributed by atoms with Crippen LogP contribution < -0.4 is 4.74 Å². The maximum Gasteiger partial charge on any atom is 0.341 e. The van der Waals surface area contributed by atoms with Crippen LogP contribution in [0.4, 0.5) is 0 Å². The average molecular weight is 338 g/mol. The summed E-state index contributed by atoms with van der Waals surface area (Å²) in [6.07, 6.45) is 1.43. The monoisotopic (exact) mass is 337 g/mol. The second-order valence-corrected chi connectivity index (χ2v) is 5.36. The molecule has 0 atom stereocenters. The van der Waals surface area contributed by atoms with Gasteiger partial charge in [-0.05, 0) is 17.7 Å². The molecular weight excluding hydrogens is 322 g/mol. The summed E-state index contributed by atoms with van der Waals surface area (Å²) in [6.45, 7) is -0.0176. The summed E-state index contributed by atoms with van der Waals surface area (Å²) < 4.78 is 6.49. The number of amides is 1. The predicted octanol–water partition coefficient (Wildman–Crippen LogP) is 1.81. The van der Waals surface area contributed by atoms with Gasteiger partial charge in [0.15, 0.2) is 6.61 Å². The van der Waals surface area contributed by atoms with Gasteiger partial charge in [-0.15, -0.1) is 0 Å². The molecule has 23 heavy (non-hydrogen) atoms. The molecule has 0 saturated carbocycles. The Kier molecular flexibility index (Phi) is 5.23. The standard InChI is InChI=1S/C15H16ClN3O4/c1-18(15(22)14-12(16)7-17-19(14)2)8-10-3-5-11(6-4-10)23-9-13(20)21/h3-7H,8-9H2,1-2H3,(H,20,21). The molecule has 0 aliphatic carbocycles. The van der Waals surface area contributed by atoms with Crippen molar-refractivity contribution >= 4 is 23.5 Å². The first-order chi connectivity index (χ1) is 10.9. The fourth-order valence-corrected chi connectivity index (χ4v) is 2.26. The summed E-state index contributed by atoms with van der Waals surface area (Å²) >= 11 is 5.97. The van der Waals surface area contributed by atoms with Crippen molar-refractivity contribution < 1.29 is 19.4 Å². The lowest BCUT2D eigenvalue weighted by molar-refractivity contribution is -0.139. The maximum atomic E-state index is 12.4. The molecule has 0 saturated heterocycles. The fourth-order valence-electron chi connectivity index (χ4n) is 2.01. The molecule has 2 aromatic rings. The van der Waals surface area contributed by atoms with E-state index in [0.29, 0.717) is 23.0 Å². The molecule has 1 aromatic heterocycles. The second-order valence-electron chi connectivity index (χ2n) is 4.95. The molecule has 0 spiro atoms. The molecule has 8 heteroatoms. The number of hydrogen-bond donors (Lipinski definition) is 1. The number of carboxylic acid groups (broad SMARTS) is 1. The summed E-state index contributed by atoms with van der Waals surface area (Å²) in [7, 11) is 3.32. The van der Waals surface area contributed by atoms with E-state index in [-0.39, 0.29) is 5.91 Å². The van der Waals surface area contributed by atoms with Crippen molar-refractivity contribution in [2.24, 2.45) is 7.05 Å². The van der Waals surface area contributed by atoms with Crippen molar-refractivity contribution in [3.05, 3.63) is 46.7 Å². The number of benzene rings is 1. The molecule has 1 N–H and O–H groups in total. The Balaban J connectivity index is 2.01. The highest BCUT2D eigenvalue weighted by Gasteiger charge is 2.19. The lowest BCUT2D eigenvalue weighted by atomic mass is 10.2. The number of aliphatic carboxylic acids is 1. The lowest BCUT2D eigenvalue weighted by Crippen LogP contribution is -2.28. The van der Waals surface area contributed by atoms with Crippen LogP contribution in [0.2, 0.25) is 5.02 Å². The van der Waals surface area contributed by atoms with E-state index >= 15 is 0 Å². The minimum Gasteiger partial charge on any atom is -0.482 e. The van der Waals surface area contributed by atoms with Gasteiger partial charge in [0.25, 0.3) is 5.91 Å². The van der Waals surface area contributed by atoms with E-state index in [1.165, 1.54) is 15.8 Å². The summed E-state index contributed by atoms with van der Waals surface area (Å²) in [4.78, 5) is 24.4. The van der Waals surface area contributed by atoms with Crippen molar-refractivity contribution in [3.8, 4) is 5.75 Å². The van der Waals surface area contributed by atoms with Crippen molar-refractivity contribution in [2.45, 2.75) is 6.54 Å². The van der Waals surface area contributed by atoms with Gasteiger partial charge >= 0.3 is 5.97 Å². The smallest absolute Gasteiger partial charge is 0.341 e. The van der Waals surface area contributed by atoms with Crippen LogP contribution in [0.15, 0.2) is 30.5 Å². The first-order valence-corrected chi connectivity index (χ1v) is 7.12. The number of halogens is 1.